The number of aldehydes is 1. The third kappa shape index (κ3) is 2.86. The van der Waals surface area contributed by atoms with Crippen molar-refractivity contribution in [1.29, 1.82) is 0 Å². The molecule has 0 radical (unpaired) electrons. The molecule has 0 saturated carbocycles. The van der Waals surface area contributed by atoms with Gasteiger partial charge in [-0.3, -0.25) is 0 Å². The minimum Gasteiger partial charge on any atom is -0.303 e. The van der Waals surface area contributed by atoms with Gasteiger partial charge in [-0.25, -0.2) is 0 Å². The summed E-state index contributed by atoms with van der Waals surface area (Å²) in [7, 11) is 0. The van der Waals surface area contributed by atoms with E-state index >= 15 is 0 Å². The normalized spacial score (nSPS) is 9.83. The van der Waals surface area contributed by atoms with Crippen LogP contribution >= 0.6 is 38.5 Å². The first-order valence-corrected chi connectivity index (χ1v) is 5.49. The van der Waals surface area contributed by atoms with Gasteiger partial charge in [-0.1, -0.05) is 6.07 Å². The molecule has 1 rings (SSSR count). The van der Waals surface area contributed by atoms with Crippen molar-refractivity contribution >= 4 is 44.8 Å². The second-order valence-electron chi connectivity index (χ2n) is 2.45. The molecule has 1 aromatic rings. The van der Waals surface area contributed by atoms with Gasteiger partial charge in [-0.15, -0.1) is 0 Å². The average molecular weight is 339 g/mol. The Morgan fingerprint density at radius 1 is 1.50 bits per heavy atom. The maximum absolute atomic E-state index is 10.1. The number of aryl methyl sites for hydroxylation is 1. The first-order valence-electron chi connectivity index (χ1n) is 3.61. The van der Waals surface area contributed by atoms with E-state index in [1.54, 1.807) is 0 Å². The molecule has 0 spiro atoms. The van der Waals surface area contributed by atoms with Crippen molar-refractivity contribution in [3.8, 4) is 0 Å². The molecule has 0 aromatic heterocycles. The Morgan fingerprint density at radius 3 is 2.83 bits per heavy atom. The van der Waals surface area contributed by atoms with Crippen LogP contribution in [0.3, 0.4) is 0 Å². The van der Waals surface area contributed by atoms with Crippen molar-refractivity contribution in [2.24, 2.45) is 0 Å². The predicted octanol–water partition coefficient (Wildman–Crippen LogP) is 3.19. The zero-order valence-electron chi connectivity index (χ0n) is 6.39. The van der Waals surface area contributed by atoms with E-state index in [1.807, 2.05) is 12.1 Å². The van der Waals surface area contributed by atoms with Crippen LogP contribution in [0.5, 0.6) is 0 Å². The zero-order chi connectivity index (χ0) is 8.97. The molecule has 0 fully saturated rings. The third-order valence-corrected chi connectivity index (χ3v) is 3.86. The van der Waals surface area contributed by atoms with E-state index in [-0.39, 0.29) is 0 Å². The minimum atomic E-state index is 0.609. The van der Waals surface area contributed by atoms with Crippen LogP contribution in [-0.4, -0.2) is 6.29 Å². The quantitative estimate of drug-likeness (QED) is 0.611. The van der Waals surface area contributed by atoms with Crippen molar-refractivity contribution in [3.05, 3.63) is 31.8 Å². The first-order chi connectivity index (χ1) is 5.74. The number of benzene rings is 1. The maximum atomic E-state index is 10.1. The van der Waals surface area contributed by atoms with E-state index < -0.39 is 0 Å². The smallest absolute Gasteiger partial charge is 0.120 e. The second-order valence-corrected chi connectivity index (χ2v) is 4.47. The SMILES string of the molecule is O=CCCc1ccc(Br)c(I)c1. The highest BCUT2D eigenvalue weighted by Crippen LogP contribution is 2.20. The van der Waals surface area contributed by atoms with Gasteiger partial charge in [0.1, 0.15) is 6.29 Å². The molecular weight excluding hydrogens is 331 g/mol. The molecule has 64 valence electrons. The molecular formula is C9H8BrIO. The molecule has 0 aliphatic carbocycles. The second kappa shape index (κ2) is 4.97. The Kier molecular flexibility index (Phi) is 4.21. The van der Waals surface area contributed by atoms with Gasteiger partial charge in [0.05, 0.1) is 0 Å². The molecule has 12 heavy (non-hydrogen) atoms. The van der Waals surface area contributed by atoms with Crippen LogP contribution in [0.2, 0.25) is 0 Å². The van der Waals surface area contributed by atoms with E-state index in [0.717, 1.165) is 17.2 Å². The summed E-state index contributed by atoms with van der Waals surface area (Å²) in [5.41, 5.74) is 1.22. The van der Waals surface area contributed by atoms with E-state index in [0.29, 0.717) is 6.42 Å². The van der Waals surface area contributed by atoms with Gasteiger partial charge in [0.2, 0.25) is 0 Å². The number of hydrogen-bond donors (Lipinski definition) is 0. The summed E-state index contributed by atoms with van der Waals surface area (Å²) >= 11 is 5.69. The lowest BCUT2D eigenvalue weighted by Crippen LogP contribution is -1.87. The van der Waals surface area contributed by atoms with Crippen LogP contribution in [-0.2, 0) is 11.2 Å². The Morgan fingerprint density at radius 2 is 2.25 bits per heavy atom. The van der Waals surface area contributed by atoms with Gasteiger partial charge in [-0.05, 0) is 62.6 Å². The maximum Gasteiger partial charge on any atom is 0.120 e. The van der Waals surface area contributed by atoms with Crippen molar-refractivity contribution in [2.75, 3.05) is 0 Å². The Bertz CT molecular complexity index is 286. The fourth-order valence-corrected chi connectivity index (χ4v) is 1.75. The van der Waals surface area contributed by atoms with Gasteiger partial charge >= 0.3 is 0 Å². The topological polar surface area (TPSA) is 17.1 Å². The van der Waals surface area contributed by atoms with E-state index in [2.05, 4.69) is 44.6 Å². The van der Waals surface area contributed by atoms with Gasteiger partial charge in [-0.2, -0.15) is 0 Å². The third-order valence-electron chi connectivity index (χ3n) is 1.53. The molecule has 0 unspecified atom stereocenters. The lowest BCUT2D eigenvalue weighted by atomic mass is 10.1. The molecule has 1 aromatic carbocycles. The molecule has 0 atom stereocenters. The highest BCUT2D eigenvalue weighted by atomic mass is 127. The molecule has 0 amide bonds. The largest absolute Gasteiger partial charge is 0.303 e. The van der Waals surface area contributed by atoms with Crippen LogP contribution in [0.4, 0.5) is 0 Å². The fourth-order valence-electron chi connectivity index (χ4n) is 0.921. The zero-order valence-corrected chi connectivity index (χ0v) is 10.1. The number of carbonyl (C=O) groups is 1. The summed E-state index contributed by atoms with van der Waals surface area (Å²) in [4.78, 5) is 10.1. The summed E-state index contributed by atoms with van der Waals surface area (Å²) in [5, 5.41) is 0. The van der Waals surface area contributed by atoms with E-state index in [9.17, 15) is 4.79 Å². The molecule has 0 saturated heterocycles. The lowest BCUT2D eigenvalue weighted by molar-refractivity contribution is -0.107. The lowest BCUT2D eigenvalue weighted by Gasteiger charge is -2.00. The summed E-state index contributed by atoms with van der Waals surface area (Å²) in [6, 6.07) is 6.14. The molecule has 0 aliphatic rings. The van der Waals surface area contributed by atoms with Crippen LogP contribution < -0.4 is 0 Å². The van der Waals surface area contributed by atoms with Crippen LogP contribution in [0.15, 0.2) is 22.7 Å². The van der Waals surface area contributed by atoms with Gasteiger partial charge in [0.25, 0.3) is 0 Å². The summed E-state index contributed by atoms with van der Waals surface area (Å²) in [6.45, 7) is 0. The molecule has 0 bridgehead atoms. The molecule has 0 heterocycles. The molecule has 0 aliphatic heterocycles. The molecule has 3 heteroatoms. The highest BCUT2D eigenvalue weighted by molar-refractivity contribution is 14.1. The van der Waals surface area contributed by atoms with Crippen molar-refractivity contribution in [3.63, 3.8) is 0 Å². The first kappa shape index (κ1) is 10.2. The van der Waals surface area contributed by atoms with Crippen molar-refractivity contribution in [1.82, 2.24) is 0 Å². The average Bonchev–Trinajstić information content (AvgIpc) is 2.07. The van der Waals surface area contributed by atoms with E-state index in [1.165, 1.54) is 9.13 Å². The Hall–Kier alpha value is 0.1000. The van der Waals surface area contributed by atoms with Crippen LogP contribution in [0.25, 0.3) is 0 Å². The van der Waals surface area contributed by atoms with Gasteiger partial charge in [0, 0.05) is 14.5 Å². The fraction of sp³-hybridized carbons (Fsp3) is 0.222. The Balaban J connectivity index is 2.75. The number of halogens is 2. The van der Waals surface area contributed by atoms with E-state index in [4.69, 9.17) is 0 Å². The minimum absolute atomic E-state index is 0.609. The van der Waals surface area contributed by atoms with Crippen molar-refractivity contribution in [2.45, 2.75) is 12.8 Å². The van der Waals surface area contributed by atoms with Crippen LogP contribution in [0, 0.1) is 3.57 Å². The summed E-state index contributed by atoms with van der Waals surface area (Å²) in [5.74, 6) is 0. The highest BCUT2D eigenvalue weighted by Gasteiger charge is 1.97. The van der Waals surface area contributed by atoms with Crippen molar-refractivity contribution < 1.29 is 4.79 Å². The monoisotopic (exact) mass is 338 g/mol. The summed E-state index contributed by atoms with van der Waals surface area (Å²) < 4.78 is 2.30. The van der Waals surface area contributed by atoms with Crippen LogP contribution in [0.1, 0.15) is 12.0 Å². The Labute approximate surface area is 93.8 Å². The standard InChI is InChI=1S/C9H8BrIO/c10-8-4-3-7(2-1-5-12)6-9(8)11/h3-6H,1-2H2. The predicted molar refractivity (Wildman–Crippen MR) is 61.2 cm³/mol. The van der Waals surface area contributed by atoms with Gasteiger partial charge < -0.3 is 4.79 Å². The molecule has 0 N–H and O–H groups in total. The number of hydrogen-bond acceptors (Lipinski definition) is 1. The molecule has 1 nitrogen and oxygen atoms in total. The van der Waals surface area contributed by atoms with Gasteiger partial charge in [0.15, 0.2) is 0 Å². The summed E-state index contributed by atoms with van der Waals surface area (Å²) in [6.07, 6.45) is 2.40. The number of carbonyl (C=O) groups excluding carboxylic acids is 1. The number of rotatable bonds is 3.